The van der Waals surface area contributed by atoms with Crippen LogP contribution in [0.2, 0.25) is 5.15 Å². The van der Waals surface area contributed by atoms with Crippen LogP contribution >= 0.6 is 11.6 Å². The number of aromatic amines is 1. The van der Waals surface area contributed by atoms with Gasteiger partial charge in [-0.25, -0.2) is 14.6 Å². The van der Waals surface area contributed by atoms with Crippen LogP contribution in [0.25, 0.3) is 0 Å². The van der Waals surface area contributed by atoms with Crippen molar-refractivity contribution in [2.24, 2.45) is 0 Å². The average molecular weight is 394 g/mol. The lowest BCUT2D eigenvalue weighted by Crippen LogP contribution is -2.30. The second-order valence-electron chi connectivity index (χ2n) is 5.72. The molecule has 0 fully saturated rings. The first-order valence-electron chi connectivity index (χ1n) is 8.24. The number of aryl methyl sites for hydroxylation is 1. The Balaban J connectivity index is 2.10. The third-order valence-electron chi connectivity index (χ3n) is 3.79. The lowest BCUT2D eigenvalue weighted by molar-refractivity contribution is -0.123. The molecule has 144 valence electrons. The average Bonchev–Trinajstić information content (AvgIpc) is 2.91. The highest BCUT2D eigenvalue weighted by Gasteiger charge is 2.26. The van der Waals surface area contributed by atoms with Gasteiger partial charge in [-0.15, -0.1) is 0 Å². The number of hydrogen-bond acceptors (Lipinski definition) is 6. The van der Waals surface area contributed by atoms with Crippen molar-refractivity contribution in [3.63, 3.8) is 0 Å². The zero-order valence-corrected chi connectivity index (χ0v) is 16.1. The molecular formula is C18H20ClN3O5. The van der Waals surface area contributed by atoms with E-state index in [1.54, 1.807) is 32.9 Å². The SMILES string of the molecule is CCOC(=O)c1c(C)[nH]c(C(=O)OC(C)C(=O)Nc2cccnc2Cl)c1C. The summed E-state index contributed by atoms with van der Waals surface area (Å²) in [6.07, 6.45) is 0.390. The lowest BCUT2D eigenvalue weighted by Gasteiger charge is -2.13. The molecule has 0 saturated heterocycles. The number of H-pyrrole nitrogens is 1. The Morgan fingerprint density at radius 2 is 2.00 bits per heavy atom. The van der Waals surface area contributed by atoms with Crippen LogP contribution in [0.1, 0.15) is 46.0 Å². The highest BCUT2D eigenvalue weighted by Crippen LogP contribution is 2.21. The van der Waals surface area contributed by atoms with Gasteiger partial charge < -0.3 is 19.8 Å². The number of carbonyl (C=O) groups excluding carboxylic acids is 3. The molecule has 0 aliphatic heterocycles. The summed E-state index contributed by atoms with van der Waals surface area (Å²) in [5.41, 5.74) is 1.57. The first-order chi connectivity index (χ1) is 12.8. The molecule has 0 spiro atoms. The van der Waals surface area contributed by atoms with Crippen LogP contribution < -0.4 is 5.32 Å². The van der Waals surface area contributed by atoms with E-state index in [-0.39, 0.29) is 23.0 Å². The minimum absolute atomic E-state index is 0.0922. The van der Waals surface area contributed by atoms with E-state index in [4.69, 9.17) is 21.1 Å². The van der Waals surface area contributed by atoms with E-state index in [9.17, 15) is 14.4 Å². The predicted molar refractivity (Wildman–Crippen MR) is 99.0 cm³/mol. The van der Waals surface area contributed by atoms with Gasteiger partial charge in [0.1, 0.15) is 5.69 Å². The maximum Gasteiger partial charge on any atom is 0.355 e. The molecule has 2 N–H and O–H groups in total. The fourth-order valence-corrected chi connectivity index (χ4v) is 2.62. The van der Waals surface area contributed by atoms with Crippen LogP contribution in [0.4, 0.5) is 5.69 Å². The fraction of sp³-hybridized carbons (Fsp3) is 0.333. The molecule has 0 bridgehead atoms. The van der Waals surface area contributed by atoms with Gasteiger partial charge in [0.25, 0.3) is 5.91 Å². The smallest absolute Gasteiger partial charge is 0.355 e. The number of rotatable bonds is 6. The number of esters is 2. The Hall–Kier alpha value is -2.87. The number of anilines is 1. The van der Waals surface area contributed by atoms with Gasteiger partial charge in [0.05, 0.1) is 17.9 Å². The molecule has 1 amide bonds. The minimum Gasteiger partial charge on any atom is -0.462 e. The molecule has 2 aromatic rings. The summed E-state index contributed by atoms with van der Waals surface area (Å²) in [4.78, 5) is 43.3. The number of amides is 1. The third kappa shape index (κ3) is 4.65. The van der Waals surface area contributed by atoms with E-state index < -0.39 is 23.9 Å². The minimum atomic E-state index is -1.09. The summed E-state index contributed by atoms with van der Waals surface area (Å²) in [6, 6.07) is 3.19. The zero-order valence-electron chi connectivity index (χ0n) is 15.4. The van der Waals surface area contributed by atoms with E-state index in [0.29, 0.717) is 16.9 Å². The highest BCUT2D eigenvalue weighted by atomic mass is 35.5. The maximum absolute atomic E-state index is 12.4. The van der Waals surface area contributed by atoms with Crippen LogP contribution in [-0.4, -0.2) is 40.5 Å². The van der Waals surface area contributed by atoms with Gasteiger partial charge in [-0.1, -0.05) is 11.6 Å². The Morgan fingerprint density at radius 3 is 2.63 bits per heavy atom. The van der Waals surface area contributed by atoms with Gasteiger partial charge in [-0.05, 0) is 45.4 Å². The molecule has 0 aliphatic rings. The number of nitrogens with one attached hydrogen (secondary N) is 2. The predicted octanol–water partition coefficient (Wildman–Crippen LogP) is 3.04. The molecule has 0 saturated carbocycles. The lowest BCUT2D eigenvalue weighted by atomic mass is 10.1. The van der Waals surface area contributed by atoms with Crippen LogP contribution in [0.3, 0.4) is 0 Å². The molecule has 1 atom stereocenters. The Morgan fingerprint density at radius 1 is 1.30 bits per heavy atom. The molecule has 0 radical (unpaired) electrons. The molecule has 2 aromatic heterocycles. The number of halogens is 1. The summed E-state index contributed by atoms with van der Waals surface area (Å²) >= 11 is 5.89. The van der Waals surface area contributed by atoms with Gasteiger partial charge in [0.15, 0.2) is 11.3 Å². The molecule has 8 nitrogen and oxygen atoms in total. The van der Waals surface area contributed by atoms with Crippen molar-refractivity contribution in [1.82, 2.24) is 9.97 Å². The topological polar surface area (TPSA) is 110 Å². The van der Waals surface area contributed by atoms with E-state index in [1.807, 2.05) is 0 Å². The summed E-state index contributed by atoms with van der Waals surface area (Å²) in [7, 11) is 0. The third-order valence-corrected chi connectivity index (χ3v) is 4.09. The molecule has 2 rings (SSSR count). The zero-order chi connectivity index (χ0) is 20.1. The van der Waals surface area contributed by atoms with Crippen molar-refractivity contribution >= 4 is 35.1 Å². The molecule has 9 heteroatoms. The number of ether oxygens (including phenoxy) is 2. The molecule has 27 heavy (non-hydrogen) atoms. The number of pyridine rings is 1. The first-order valence-corrected chi connectivity index (χ1v) is 8.62. The second-order valence-corrected chi connectivity index (χ2v) is 6.08. The van der Waals surface area contributed by atoms with E-state index in [2.05, 4.69) is 15.3 Å². The largest absolute Gasteiger partial charge is 0.462 e. The summed E-state index contributed by atoms with van der Waals surface area (Å²) in [5.74, 6) is -1.85. The Labute approximate surface area is 161 Å². The van der Waals surface area contributed by atoms with Crippen molar-refractivity contribution < 1.29 is 23.9 Å². The number of carbonyl (C=O) groups is 3. The summed E-state index contributed by atoms with van der Waals surface area (Å²) < 4.78 is 10.2. The van der Waals surface area contributed by atoms with E-state index >= 15 is 0 Å². The number of hydrogen-bond donors (Lipinski definition) is 2. The summed E-state index contributed by atoms with van der Waals surface area (Å²) in [6.45, 7) is 6.59. The van der Waals surface area contributed by atoms with Gasteiger partial charge in [-0.2, -0.15) is 0 Å². The monoisotopic (exact) mass is 393 g/mol. The Kier molecular flexibility index (Phi) is 6.57. The second kappa shape index (κ2) is 8.68. The first kappa shape index (κ1) is 20.4. The number of nitrogens with zero attached hydrogens (tertiary/aromatic N) is 1. The van der Waals surface area contributed by atoms with Crippen molar-refractivity contribution in [3.05, 3.63) is 46.0 Å². The van der Waals surface area contributed by atoms with Gasteiger partial charge in [0, 0.05) is 11.9 Å². The molecule has 0 aliphatic carbocycles. The molecular weight excluding hydrogens is 374 g/mol. The van der Waals surface area contributed by atoms with Crippen LogP contribution in [-0.2, 0) is 14.3 Å². The van der Waals surface area contributed by atoms with Crippen molar-refractivity contribution in [1.29, 1.82) is 0 Å². The number of aromatic nitrogens is 2. The van der Waals surface area contributed by atoms with Crippen molar-refractivity contribution in [3.8, 4) is 0 Å². The summed E-state index contributed by atoms with van der Waals surface area (Å²) in [5, 5.41) is 2.66. The van der Waals surface area contributed by atoms with Crippen molar-refractivity contribution in [2.45, 2.75) is 33.8 Å². The van der Waals surface area contributed by atoms with Crippen LogP contribution in [0, 0.1) is 13.8 Å². The normalized spacial score (nSPS) is 11.6. The molecule has 1 unspecified atom stereocenters. The van der Waals surface area contributed by atoms with Gasteiger partial charge >= 0.3 is 11.9 Å². The quantitative estimate of drug-likeness (QED) is 0.576. The van der Waals surface area contributed by atoms with Crippen LogP contribution in [0.15, 0.2) is 18.3 Å². The van der Waals surface area contributed by atoms with Gasteiger partial charge in [0.2, 0.25) is 0 Å². The standard InChI is InChI=1S/C18H20ClN3O5/c1-5-26-17(24)13-9(2)14(21-10(13)3)18(25)27-11(4)16(23)22-12-7-6-8-20-15(12)19/h6-8,11,21H,5H2,1-4H3,(H,22,23). The highest BCUT2D eigenvalue weighted by molar-refractivity contribution is 6.32. The van der Waals surface area contributed by atoms with Crippen LogP contribution in [0.5, 0.6) is 0 Å². The fourth-order valence-electron chi connectivity index (χ4n) is 2.45. The van der Waals surface area contributed by atoms with Gasteiger partial charge in [-0.3, -0.25) is 4.79 Å². The molecule has 2 heterocycles. The Bertz CT molecular complexity index is 878. The maximum atomic E-state index is 12.4. The molecule has 0 aromatic carbocycles. The van der Waals surface area contributed by atoms with Crippen molar-refractivity contribution in [2.75, 3.05) is 11.9 Å². The van der Waals surface area contributed by atoms with E-state index in [0.717, 1.165) is 0 Å². The van der Waals surface area contributed by atoms with E-state index in [1.165, 1.54) is 13.1 Å².